The van der Waals surface area contributed by atoms with Gasteiger partial charge in [-0.15, -0.1) is 0 Å². The van der Waals surface area contributed by atoms with E-state index in [-0.39, 0.29) is 22.2 Å². The Kier molecular flexibility index (Phi) is 5.10. The summed E-state index contributed by atoms with van der Waals surface area (Å²) < 4.78 is 61.3. The molecule has 0 aliphatic carbocycles. The zero-order valence-corrected chi connectivity index (χ0v) is 13.4. The molecular weight excluding hydrogens is 357 g/mol. The van der Waals surface area contributed by atoms with Crippen LogP contribution in [0.5, 0.6) is 0 Å². The molecule has 1 heterocycles. The van der Waals surface area contributed by atoms with Gasteiger partial charge in [0.15, 0.2) is 9.84 Å². The fraction of sp³-hybridized carbons (Fsp3) is 0.462. The maximum Gasteiger partial charge on any atom is 0.418 e. The van der Waals surface area contributed by atoms with Crippen LogP contribution in [-0.4, -0.2) is 38.4 Å². The number of anilines is 1. The molecule has 23 heavy (non-hydrogen) atoms. The zero-order valence-electron chi connectivity index (χ0n) is 11.8. The number of benzene rings is 1. The number of nitrogens with one attached hydrogen (secondary N) is 2. The monoisotopic (exact) mass is 370 g/mol. The van der Waals surface area contributed by atoms with Crippen LogP contribution in [0.3, 0.4) is 0 Å². The Labute approximate surface area is 136 Å². The molecule has 1 amide bonds. The predicted octanol–water partition coefficient (Wildman–Crippen LogP) is 2.07. The van der Waals surface area contributed by atoms with Gasteiger partial charge in [0.25, 0.3) is 0 Å². The van der Waals surface area contributed by atoms with Crippen molar-refractivity contribution < 1.29 is 26.4 Å². The third kappa shape index (κ3) is 5.00. The summed E-state index contributed by atoms with van der Waals surface area (Å²) in [5.41, 5.74) is -1.24. The van der Waals surface area contributed by atoms with E-state index in [4.69, 9.17) is 11.6 Å². The first-order chi connectivity index (χ1) is 10.6. The summed E-state index contributed by atoms with van der Waals surface area (Å²) in [5, 5.41) is 4.82. The van der Waals surface area contributed by atoms with Gasteiger partial charge < -0.3 is 10.6 Å². The molecule has 1 aromatic carbocycles. The maximum absolute atomic E-state index is 12.9. The Hall–Kier alpha value is -1.48. The van der Waals surface area contributed by atoms with Crippen molar-refractivity contribution >= 4 is 33.0 Å². The maximum atomic E-state index is 12.9. The lowest BCUT2D eigenvalue weighted by molar-refractivity contribution is -0.137. The van der Waals surface area contributed by atoms with Crippen LogP contribution in [0.15, 0.2) is 18.2 Å². The van der Waals surface area contributed by atoms with Gasteiger partial charge in [0.05, 0.1) is 23.6 Å². The van der Waals surface area contributed by atoms with Crippen LogP contribution in [0, 0.1) is 0 Å². The smallest absolute Gasteiger partial charge is 0.376 e. The van der Waals surface area contributed by atoms with Crippen molar-refractivity contribution in [2.24, 2.45) is 0 Å². The van der Waals surface area contributed by atoms with Crippen molar-refractivity contribution in [1.29, 1.82) is 0 Å². The van der Waals surface area contributed by atoms with Gasteiger partial charge in [-0.05, 0) is 24.6 Å². The average Bonchev–Trinajstić information content (AvgIpc) is 2.75. The molecular formula is C13H14ClF3N2O3S. The number of carbonyl (C=O) groups is 1. The highest BCUT2D eigenvalue weighted by atomic mass is 35.5. The van der Waals surface area contributed by atoms with Gasteiger partial charge in [-0.25, -0.2) is 8.42 Å². The Morgan fingerprint density at radius 3 is 2.61 bits per heavy atom. The zero-order chi connectivity index (χ0) is 17.3. The van der Waals surface area contributed by atoms with Crippen LogP contribution < -0.4 is 10.6 Å². The molecule has 0 radical (unpaired) electrons. The molecule has 5 nitrogen and oxygen atoms in total. The van der Waals surface area contributed by atoms with Gasteiger partial charge in [-0.2, -0.15) is 13.2 Å². The highest BCUT2D eigenvalue weighted by Crippen LogP contribution is 2.36. The van der Waals surface area contributed by atoms with E-state index in [0.29, 0.717) is 6.42 Å². The molecule has 2 rings (SSSR count). The van der Waals surface area contributed by atoms with Crippen LogP contribution in [0.1, 0.15) is 12.0 Å². The first-order valence-corrected chi connectivity index (χ1v) is 8.87. The normalized spacial score (nSPS) is 20.3. The largest absolute Gasteiger partial charge is 0.418 e. The molecule has 1 saturated heterocycles. The minimum atomic E-state index is -4.61. The number of hydrogen-bond donors (Lipinski definition) is 2. The van der Waals surface area contributed by atoms with Crippen molar-refractivity contribution in [3.05, 3.63) is 28.8 Å². The molecule has 2 N–H and O–H groups in total. The third-order valence-electron chi connectivity index (χ3n) is 3.32. The Morgan fingerprint density at radius 1 is 1.35 bits per heavy atom. The molecule has 1 aliphatic heterocycles. The van der Waals surface area contributed by atoms with Crippen molar-refractivity contribution in [3.63, 3.8) is 0 Å². The standard InChI is InChI=1S/C13H14ClF3N2O3S/c14-8-1-2-11(10(5-8)13(15,16)17)18-6-12(20)19-9-3-4-23(21,22)7-9/h1-2,5,9,18H,3-4,6-7H2,(H,19,20). The second kappa shape index (κ2) is 6.56. The second-order valence-electron chi connectivity index (χ2n) is 5.21. The molecule has 128 valence electrons. The van der Waals surface area contributed by atoms with Gasteiger partial charge in [0.2, 0.25) is 5.91 Å². The number of alkyl halides is 3. The van der Waals surface area contributed by atoms with Gasteiger partial charge in [-0.3, -0.25) is 4.79 Å². The molecule has 1 aliphatic rings. The van der Waals surface area contributed by atoms with E-state index in [9.17, 15) is 26.4 Å². The third-order valence-corrected chi connectivity index (χ3v) is 5.33. The number of sulfone groups is 1. The van der Waals surface area contributed by atoms with Crippen molar-refractivity contribution in [1.82, 2.24) is 5.32 Å². The molecule has 0 aromatic heterocycles. The van der Waals surface area contributed by atoms with Crippen LogP contribution >= 0.6 is 11.6 Å². The molecule has 0 saturated carbocycles. The lowest BCUT2D eigenvalue weighted by atomic mass is 10.1. The van der Waals surface area contributed by atoms with E-state index in [2.05, 4.69) is 10.6 Å². The molecule has 1 atom stereocenters. The van der Waals surface area contributed by atoms with Crippen molar-refractivity contribution in [2.75, 3.05) is 23.4 Å². The first-order valence-electron chi connectivity index (χ1n) is 6.67. The van der Waals surface area contributed by atoms with Crippen LogP contribution in [0.4, 0.5) is 18.9 Å². The van der Waals surface area contributed by atoms with E-state index >= 15 is 0 Å². The fourth-order valence-electron chi connectivity index (χ4n) is 2.27. The lowest BCUT2D eigenvalue weighted by Gasteiger charge is -2.16. The molecule has 0 bridgehead atoms. The number of rotatable bonds is 4. The van der Waals surface area contributed by atoms with Crippen LogP contribution in [0.25, 0.3) is 0 Å². The van der Waals surface area contributed by atoms with Gasteiger partial charge in [0.1, 0.15) is 0 Å². The van der Waals surface area contributed by atoms with E-state index < -0.39 is 40.1 Å². The van der Waals surface area contributed by atoms with Gasteiger partial charge in [-0.1, -0.05) is 11.6 Å². The first kappa shape index (κ1) is 17.9. The minimum Gasteiger partial charge on any atom is -0.376 e. The summed E-state index contributed by atoms with van der Waals surface area (Å²) in [6, 6.07) is 2.69. The second-order valence-corrected chi connectivity index (χ2v) is 7.87. The topological polar surface area (TPSA) is 75.3 Å². The summed E-state index contributed by atoms with van der Waals surface area (Å²) in [4.78, 5) is 11.7. The number of hydrogen-bond acceptors (Lipinski definition) is 4. The van der Waals surface area contributed by atoms with Gasteiger partial charge in [0, 0.05) is 16.8 Å². The number of carbonyl (C=O) groups excluding carboxylic acids is 1. The molecule has 1 unspecified atom stereocenters. The number of amides is 1. The SMILES string of the molecule is O=C(CNc1ccc(Cl)cc1C(F)(F)F)NC1CCS(=O)(=O)C1. The molecule has 1 fully saturated rings. The van der Waals surface area contributed by atoms with E-state index in [0.717, 1.165) is 12.1 Å². The highest BCUT2D eigenvalue weighted by molar-refractivity contribution is 7.91. The molecule has 10 heteroatoms. The summed E-state index contributed by atoms with van der Waals surface area (Å²) >= 11 is 5.56. The summed E-state index contributed by atoms with van der Waals surface area (Å²) in [6.45, 7) is -0.402. The fourth-order valence-corrected chi connectivity index (χ4v) is 4.11. The van der Waals surface area contributed by atoms with E-state index in [1.165, 1.54) is 6.07 Å². The summed E-state index contributed by atoms with van der Waals surface area (Å²) in [7, 11) is -3.14. The summed E-state index contributed by atoms with van der Waals surface area (Å²) in [5.74, 6) is -0.718. The minimum absolute atomic E-state index is 0.000775. The Morgan fingerprint density at radius 2 is 2.04 bits per heavy atom. The summed E-state index contributed by atoms with van der Waals surface area (Å²) in [6.07, 6.45) is -4.30. The van der Waals surface area contributed by atoms with Crippen molar-refractivity contribution in [3.8, 4) is 0 Å². The van der Waals surface area contributed by atoms with Crippen LogP contribution in [-0.2, 0) is 20.8 Å². The Bertz CT molecular complexity index is 707. The quantitative estimate of drug-likeness (QED) is 0.851. The molecule has 1 aromatic rings. The Balaban J connectivity index is 1.97. The van der Waals surface area contributed by atoms with Gasteiger partial charge >= 0.3 is 6.18 Å². The molecule has 0 spiro atoms. The van der Waals surface area contributed by atoms with Crippen molar-refractivity contribution in [2.45, 2.75) is 18.6 Å². The average molecular weight is 371 g/mol. The lowest BCUT2D eigenvalue weighted by Crippen LogP contribution is -2.39. The van der Waals surface area contributed by atoms with Crippen LogP contribution in [0.2, 0.25) is 5.02 Å². The predicted molar refractivity (Wildman–Crippen MR) is 80.1 cm³/mol. The highest BCUT2D eigenvalue weighted by Gasteiger charge is 2.34. The van der Waals surface area contributed by atoms with E-state index in [1.54, 1.807) is 0 Å². The van der Waals surface area contributed by atoms with E-state index in [1.807, 2.05) is 0 Å². The number of halogens is 4.